The summed E-state index contributed by atoms with van der Waals surface area (Å²) in [7, 11) is 1.98. The van der Waals surface area contributed by atoms with Crippen molar-refractivity contribution < 1.29 is 4.74 Å². The largest absolute Gasteiger partial charge is 0.374 e. The summed E-state index contributed by atoms with van der Waals surface area (Å²) in [5, 5.41) is 3.17. The third-order valence-corrected chi connectivity index (χ3v) is 3.17. The van der Waals surface area contributed by atoms with Crippen molar-refractivity contribution in [3.8, 4) is 0 Å². The van der Waals surface area contributed by atoms with E-state index in [1.807, 2.05) is 18.8 Å². The van der Waals surface area contributed by atoms with Crippen molar-refractivity contribution in [2.75, 3.05) is 51.8 Å². The average molecular weight is 218 g/mol. The molecule has 0 radical (unpaired) electrons. The van der Waals surface area contributed by atoms with Gasteiger partial charge in [0, 0.05) is 19.6 Å². The SMILES string of the molecule is CNCC1CN(CCCSC)CCO1. The molecular weight excluding hydrogens is 196 g/mol. The Morgan fingerprint density at radius 3 is 3.14 bits per heavy atom. The van der Waals surface area contributed by atoms with E-state index in [1.54, 1.807) is 0 Å². The molecular formula is C10H22N2OS. The van der Waals surface area contributed by atoms with E-state index in [0.29, 0.717) is 6.10 Å². The molecule has 1 unspecified atom stereocenters. The number of nitrogens with zero attached hydrogens (tertiary/aromatic N) is 1. The predicted molar refractivity (Wildman–Crippen MR) is 63.1 cm³/mol. The lowest BCUT2D eigenvalue weighted by atomic mass is 10.2. The number of hydrogen-bond acceptors (Lipinski definition) is 4. The molecule has 1 fully saturated rings. The van der Waals surface area contributed by atoms with Crippen LogP contribution in [-0.2, 0) is 4.74 Å². The third-order valence-electron chi connectivity index (χ3n) is 2.48. The summed E-state index contributed by atoms with van der Waals surface area (Å²) in [5.74, 6) is 1.27. The summed E-state index contributed by atoms with van der Waals surface area (Å²) >= 11 is 1.93. The van der Waals surface area contributed by atoms with Crippen LogP contribution in [0, 0.1) is 0 Å². The Labute approximate surface area is 91.6 Å². The van der Waals surface area contributed by atoms with Gasteiger partial charge in [0.1, 0.15) is 0 Å². The summed E-state index contributed by atoms with van der Waals surface area (Å²) in [4.78, 5) is 2.52. The number of rotatable bonds is 6. The van der Waals surface area contributed by atoms with Gasteiger partial charge in [-0.1, -0.05) is 0 Å². The molecule has 84 valence electrons. The van der Waals surface area contributed by atoms with Crippen LogP contribution in [0.25, 0.3) is 0 Å². The highest BCUT2D eigenvalue weighted by atomic mass is 32.2. The second-order valence-corrected chi connectivity index (χ2v) is 4.68. The van der Waals surface area contributed by atoms with Crippen molar-refractivity contribution in [2.24, 2.45) is 0 Å². The second kappa shape index (κ2) is 7.51. The Kier molecular flexibility index (Phi) is 6.60. The molecule has 14 heavy (non-hydrogen) atoms. The van der Waals surface area contributed by atoms with Gasteiger partial charge in [0.25, 0.3) is 0 Å². The molecule has 0 aromatic heterocycles. The molecule has 0 aromatic carbocycles. The van der Waals surface area contributed by atoms with Gasteiger partial charge in [0.15, 0.2) is 0 Å². The van der Waals surface area contributed by atoms with E-state index < -0.39 is 0 Å². The van der Waals surface area contributed by atoms with Gasteiger partial charge in [-0.25, -0.2) is 0 Å². The lowest BCUT2D eigenvalue weighted by molar-refractivity contribution is -0.0260. The standard InChI is InChI=1S/C10H22N2OS/c1-11-8-10-9-12(5-6-13-10)4-3-7-14-2/h10-11H,3-9H2,1-2H3. The van der Waals surface area contributed by atoms with Gasteiger partial charge in [0.05, 0.1) is 12.7 Å². The van der Waals surface area contributed by atoms with Gasteiger partial charge in [-0.3, -0.25) is 4.90 Å². The van der Waals surface area contributed by atoms with E-state index in [2.05, 4.69) is 16.5 Å². The van der Waals surface area contributed by atoms with Crippen LogP contribution >= 0.6 is 11.8 Å². The van der Waals surface area contributed by atoms with Gasteiger partial charge in [-0.2, -0.15) is 11.8 Å². The zero-order valence-corrected chi connectivity index (χ0v) is 10.1. The zero-order chi connectivity index (χ0) is 10.2. The molecule has 0 bridgehead atoms. The predicted octanol–water partition coefficient (Wildman–Crippen LogP) is 0.660. The summed E-state index contributed by atoms with van der Waals surface area (Å²) < 4.78 is 5.65. The number of morpholine rings is 1. The average Bonchev–Trinajstić information content (AvgIpc) is 2.19. The molecule has 0 aliphatic carbocycles. The molecule has 1 atom stereocenters. The molecule has 0 amide bonds. The Balaban J connectivity index is 2.12. The molecule has 4 heteroatoms. The summed E-state index contributed by atoms with van der Waals surface area (Å²) in [5.41, 5.74) is 0. The van der Waals surface area contributed by atoms with Crippen molar-refractivity contribution in [2.45, 2.75) is 12.5 Å². The summed E-state index contributed by atoms with van der Waals surface area (Å²) in [6.07, 6.45) is 3.86. The first-order valence-corrected chi connectivity index (χ1v) is 6.73. The Bertz CT molecular complexity index is 144. The van der Waals surface area contributed by atoms with E-state index in [9.17, 15) is 0 Å². The topological polar surface area (TPSA) is 24.5 Å². The van der Waals surface area contributed by atoms with Crippen LogP contribution in [0.15, 0.2) is 0 Å². The first kappa shape index (κ1) is 12.3. The smallest absolute Gasteiger partial charge is 0.0826 e. The van der Waals surface area contributed by atoms with Crippen LogP contribution in [0.3, 0.4) is 0 Å². The van der Waals surface area contributed by atoms with Gasteiger partial charge >= 0.3 is 0 Å². The van der Waals surface area contributed by atoms with E-state index >= 15 is 0 Å². The van der Waals surface area contributed by atoms with Crippen LogP contribution < -0.4 is 5.32 Å². The lowest BCUT2D eigenvalue weighted by Gasteiger charge is -2.32. The van der Waals surface area contributed by atoms with Crippen molar-refractivity contribution >= 4 is 11.8 Å². The maximum atomic E-state index is 5.65. The van der Waals surface area contributed by atoms with E-state index in [0.717, 1.165) is 26.2 Å². The highest BCUT2D eigenvalue weighted by Gasteiger charge is 2.18. The van der Waals surface area contributed by atoms with Gasteiger partial charge in [-0.15, -0.1) is 0 Å². The van der Waals surface area contributed by atoms with Gasteiger partial charge in [0.2, 0.25) is 0 Å². The highest BCUT2D eigenvalue weighted by molar-refractivity contribution is 7.98. The maximum absolute atomic E-state index is 5.65. The Hall–Kier alpha value is 0.230. The van der Waals surface area contributed by atoms with Crippen LogP contribution in [-0.4, -0.2) is 62.8 Å². The summed E-state index contributed by atoms with van der Waals surface area (Å²) in [6, 6.07) is 0. The van der Waals surface area contributed by atoms with Crippen molar-refractivity contribution in [3.63, 3.8) is 0 Å². The zero-order valence-electron chi connectivity index (χ0n) is 9.29. The maximum Gasteiger partial charge on any atom is 0.0826 e. The van der Waals surface area contributed by atoms with Crippen LogP contribution in [0.2, 0.25) is 0 Å². The lowest BCUT2D eigenvalue weighted by Crippen LogP contribution is -2.46. The number of hydrogen-bond donors (Lipinski definition) is 1. The minimum Gasteiger partial charge on any atom is -0.374 e. The Morgan fingerprint density at radius 2 is 2.43 bits per heavy atom. The fraction of sp³-hybridized carbons (Fsp3) is 1.00. The molecule has 1 aliphatic rings. The fourth-order valence-electron chi connectivity index (χ4n) is 1.77. The minimum absolute atomic E-state index is 0.392. The number of thioether (sulfide) groups is 1. The van der Waals surface area contributed by atoms with Gasteiger partial charge in [-0.05, 0) is 32.0 Å². The molecule has 1 saturated heterocycles. The molecule has 0 aromatic rings. The van der Waals surface area contributed by atoms with E-state index in [4.69, 9.17) is 4.74 Å². The molecule has 1 heterocycles. The quantitative estimate of drug-likeness (QED) is 0.662. The monoisotopic (exact) mass is 218 g/mol. The fourth-order valence-corrected chi connectivity index (χ4v) is 2.18. The molecule has 1 rings (SSSR count). The number of nitrogens with one attached hydrogen (secondary N) is 1. The number of ether oxygens (including phenoxy) is 1. The second-order valence-electron chi connectivity index (χ2n) is 3.70. The highest BCUT2D eigenvalue weighted by Crippen LogP contribution is 2.06. The van der Waals surface area contributed by atoms with E-state index in [-0.39, 0.29) is 0 Å². The Morgan fingerprint density at radius 1 is 1.57 bits per heavy atom. The minimum atomic E-state index is 0.392. The van der Waals surface area contributed by atoms with Crippen molar-refractivity contribution in [3.05, 3.63) is 0 Å². The third kappa shape index (κ3) is 4.64. The van der Waals surface area contributed by atoms with E-state index in [1.165, 1.54) is 18.7 Å². The van der Waals surface area contributed by atoms with Crippen molar-refractivity contribution in [1.29, 1.82) is 0 Å². The first-order chi connectivity index (χ1) is 6.86. The molecule has 1 N–H and O–H groups in total. The molecule has 0 spiro atoms. The van der Waals surface area contributed by atoms with Crippen LogP contribution in [0.1, 0.15) is 6.42 Å². The van der Waals surface area contributed by atoms with Crippen LogP contribution in [0.4, 0.5) is 0 Å². The molecule has 3 nitrogen and oxygen atoms in total. The van der Waals surface area contributed by atoms with Crippen LogP contribution in [0.5, 0.6) is 0 Å². The molecule has 0 saturated carbocycles. The first-order valence-electron chi connectivity index (χ1n) is 5.34. The normalized spacial score (nSPS) is 24.0. The van der Waals surface area contributed by atoms with Crippen molar-refractivity contribution in [1.82, 2.24) is 10.2 Å². The summed E-state index contributed by atoms with van der Waals surface area (Å²) in [6.45, 7) is 5.29. The van der Waals surface area contributed by atoms with Gasteiger partial charge < -0.3 is 10.1 Å². The molecule has 1 aliphatic heterocycles. The number of likely N-dealkylation sites (N-methyl/N-ethyl adjacent to an activating group) is 1.